The second kappa shape index (κ2) is 8.86. The molecule has 0 saturated carbocycles. The fourth-order valence-corrected chi connectivity index (χ4v) is 2.91. The standard InChI is InChI=1S/C21H28N2OS/c1-6-20(17-11-10-15(4)16(5)12-17)23-21(25)22-18-8-7-9-19(13-18)24-14(2)3/h7-14,20H,6H2,1-5H3,(H2,22,23,25)/t20-/m0/s1. The number of thiocarbonyl (C=S) groups is 1. The largest absolute Gasteiger partial charge is 0.491 e. The summed E-state index contributed by atoms with van der Waals surface area (Å²) in [5, 5.41) is 7.29. The lowest BCUT2D eigenvalue weighted by atomic mass is 9.99. The van der Waals surface area contributed by atoms with Gasteiger partial charge in [-0.2, -0.15) is 0 Å². The van der Waals surface area contributed by atoms with Gasteiger partial charge in [0.15, 0.2) is 5.11 Å². The van der Waals surface area contributed by atoms with Gasteiger partial charge in [0.05, 0.1) is 12.1 Å². The molecule has 0 radical (unpaired) electrons. The summed E-state index contributed by atoms with van der Waals surface area (Å²) in [5.41, 5.74) is 4.79. The van der Waals surface area contributed by atoms with Crippen LogP contribution in [0.2, 0.25) is 0 Å². The van der Waals surface area contributed by atoms with Crippen LogP contribution >= 0.6 is 12.2 Å². The van der Waals surface area contributed by atoms with Crippen LogP contribution in [0.3, 0.4) is 0 Å². The monoisotopic (exact) mass is 356 g/mol. The first-order chi connectivity index (χ1) is 11.9. The molecule has 0 bridgehead atoms. The lowest BCUT2D eigenvalue weighted by Crippen LogP contribution is -2.32. The molecule has 2 aromatic rings. The average molecular weight is 357 g/mol. The van der Waals surface area contributed by atoms with Crippen molar-refractivity contribution in [3.63, 3.8) is 0 Å². The summed E-state index contributed by atoms with van der Waals surface area (Å²) in [6.07, 6.45) is 1.11. The van der Waals surface area contributed by atoms with Gasteiger partial charge in [0, 0.05) is 11.8 Å². The highest BCUT2D eigenvalue weighted by Gasteiger charge is 2.12. The highest BCUT2D eigenvalue weighted by Crippen LogP contribution is 2.21. The maximum absolute atomic E-state index is 5.73. The van der Waals surface area contributed by atoms with Crippen LogP contribution in [0.25, 0.3) is 0 Å². The van der Waals surface area contributed by atoms with E-state index in [4.69, 9.17) is 17.0 Å². The second-order valence-corrected chi connectivity index (χ2v) is 7.01. The minimum atomic E-state index is 0.148. The van der Waals surface area contributed by atoms with Gasteiger partial charge in [-0.1, -0.05) is 31.2 Å². The zero-order chi connectivity index (χ0) is 18.4. The Kier molecular flexibility index (Phi) is 6.82. The van der Waals surface area contributed by atoms with E-state index in [-0.39, 0.29) is 12.1 Å². The molecule has 0 aliphatic carbocycles. The topological polar surface area (TPSA) is 33.3 Å². The fourth-order valence-electron chi connectivity index (χ4n) is 2.65. The number of aryl methyl sites for hydroxylation is 2. The molecule has 0 heterocycles. The van der Waals surface area contributed by atoms with E-state index in [1.807, 2.05) is 38.1 Å². The molecule has 0 saturated heterocycles. The molecule has 2 rings (SSSR count). The minimum Gasteiger partial charge on any atom is -0.491 e. The van der Waals surface area contributed by atoms with Crippen LogP contribution < -0.4 is 15.4 Å². The van der Waals surface area contributed by atoms with Crippen molar-refractivity contribution in [2.75, 3.05) is 5.32 Å². The molecule has 0 aliphatic heterocycles. The summed E-state index contributed by atoms with van der Waals surface area (Å²) in [4.78, 5) is 0. The van der Waals surface area contributed by atoms with Gasteiger partial charge in [0.25, 0.3) is 0 Å². The molecule has 2 aromatic carbocycles. The maximum Gasteiger partial charge on any atom is 0.171 e. The molecule has 0 aromatic heterocycles. The van der Waals surface area contributed by atoms with Crippen molar-refractivity contribution >= 4 is 23.0 Å². The number of hydrogen-bond acceptors (Lipinski definition) is 2. The molecule has 0 amide bonds. The fraction of sp³-hybridized carbons (Fsp3) is 0.381. The Morgan fingerprint density at radius 3 is 2.48 bits per heavy atom. The minimum absolute atomic E-state index is 0.148. The highest BCUT2D eigenvalue weighted by atomic mass is 32.1. The van der Waals surface area contributed by atoms with E-state index in [0.717, 1.165) is 17.9 Å². The van der Waals surface area contributed by atoms with Crippen LogP contribution in [-0.2, 0) is 0 Å². The average Bonchev–Trinajstić information content (AvgIpc) is 2.55. The Bertz CT molecular complexity index is 728. The quantitative estimate of drug-likeness (QED) is 0.667. The molecule has 0 unspecified atom stereocenters. The Morgan fingerprint density at radius 1 is 1.08 bits per heavy atom. The van der Waals surface area contributed by atoms with Crippen molar-refractivity contribution in [3.8, 4) is 5.75 Å². The van der Waals surface area contributed by atoms with Crippen LogP contribution in [0, 0.1) is 13.8 Å². The first-order valence-corrected chi connectivity index (χ1v) is 9.21. The van der Waals surface area contributed by atoms with Gasteiger partial charge in [-0.05, 0) is 75.2 Å². The highest BCUT2D eigenvalue weighted by molar-refractivity contribution is 7.80. The zero-order valence-electron chi connectivity index (χ0n) is 15.7. The van der Waals surface area contributed by atoms with Crippen molar-refractivity contribution in [1.82, 2.24) is 5.32 Å². The Balaban J connectivity index is 2.03. The number of benzene rings is 2. The number of hydrogen-bond donors (Lipinski definition) is 2. The normalized spacial score (nSPS) is 11.9. The third kappa shape index (κ3) is 5.75. The Labute approximate surface area is 156 Å². The van der Waals surface area contributed by atoms with Gasteiger partial charge in [-0.3, -0.25) is 0 Å². The third-order valence-electron chi connectivity index (χ3n) is 4.11. The van der Waals surface area contributed by atoms with E-state index in [0.29, 0.717) is 5.11 Å². The van der Waals surface area contributed by atoms with Crippen molar-refractivity contribution in [2.24, 2.45) is 0 Å². The molecule has 134 valence electrons. The van der Waals surface area contributed by atoms with E-state index in [1.54, 1.807) is 0 Å². The van der Waals surface area contributed by atoms with Crippen molar-refractivity contribution in [2.45, 2.75) is 53.2 Å². The van der Waals surface area contributed by atoms with Gasteiger partial charge in [-0.15, -0.1) is 0 Å². The molecule has 25 heavy (non-hydrogen) atoms. The smallest absolute Gasteiger partial charge is 0.171 e. The van der Waals surface area contributed by atoms with Crippen LogP contribution in [0.4, 0.5) is 5.69 Å². The molecule has 0 aliphatic rings. The van der Waals surface area contributed by atoms with Crippen LogP contribution in [0.1, 0.15) is 49.9 Å². The van der Waals surface area contributed by atoms with Gasteiger partial charge in [0.2, 0.25) is 0 Å². The molecular formula is C21H28N2OS. The van der Waals surface area contributed by atoms with E-state index in [2.05, 4.69) is 49.6 Å². The van der Waals surface area contributed by atoms with Crippen LogP contribution in [-0.4, -0.2) is 11.2 Å². The Morgan fingerprint density at radius 2 is 1.84 bits per heavy atom. The predicted molar refractivity (Wildman–Crippen MR) is 111 cm³/mol. The maximum atomic E-state index is 5.73. The summed E-state index contributed by atoms with van der Waals surface area (Å²) in [7, 11) is 0. The van der Waals surface area contributed by atoms with Crippen LogP contribution in [0.15, 0.2) is 42.5 Å². The summed E-state index contributed by atoms with van der Waals surface area (Å²) in [5.74, 6) is 0.837. The first kappa shape index (κ1) is 19.3. The Hall–Kier alpha value is -2.07. The lowest BCUT2D eigenvalue weighted by Gasteiger charge is -2.21. The van der Waals surface area contributed by atoms with E-state index < -0.39 is 0 Å². The number of ether oxygens (including phenoxy) is 1. The van der Waals surface area contributed by atoms with Crippen molar-refractivity contribution in [3.05, 3.63) is 59.2 Å². The van der Waals surface area contributed by atoms with Gasteiger partial charge in [0.1, 0.15) is 5.75 Å². The zero-order valence-corrected chi connectivity index (χ0v) is 16.5. The lowest BCUT2D eigenvalue weighted by molar-refractivity contribution is 0.242. The van der Waals surface area contributed by atoms with E-state index >= 15 is 0 Å². The molecule has 2 N–H and O–H groups in total. The molecule has 0 spiro atoms. The predicted octanol–water partition coefficient (Wildman–Crippen LogP) is 5.53. The van der Waals surface area contributed by atoms with Gasteiger partial charge < -0.3 is 15.4 Å². The SMILES string of the molecule is CC[C@H](NC(=S)Nc1cccc(OC(C)C)c1)c1ccc(C)c(C)c1. The van der Waals surface area contributed by atoms with E-state index in [9.17, 15) is 0 Å². The first-order valence-electron chi connectivity index (χ1n) is 8.80. The molecule has 1 atom stereocenters. The number of nitrogens with one attached hydrogen (secondary N) is 2. The van der Waals surface area contributed by atoms with Crippen LogP contribution in [0.5, 0.6) is 5.75 Å². The third-order valence-corrected chi connectivity index (χ3v) is 4.33. The summed E-state index contributed by atoms with van der Waals surface area (Å²) in [6, 6.07) is 14.6. The molecule has 4 heteroatoms. The molecular weight excluding hydrogens is 328 g/mol. The summed E-state index contributed by atoms with van der Waals surface area (Å²) >= 11 is 5.51. The van der Waals surface area contributed by atoms with Crippen molar-refractivity contribution < 1.29 is 4.74 Å². The summed E-state index contributed by atoms with van der Waals surface area (Å²) < 4.78 is 5.73. The van der Waals surface area contributed by atoms with Gasteiger partial charge >= 0.3 is 0 Å². The number of rotatable bonds is 6. The van der Waals surface area contributed by atoms with Crippen molar-refractivity contribution in [1.29, 1.82) is 0 Å². The second-order valence-electron chi connectivity index (χ2n) is 6.60. The number of anilines is 1. The van der Waals surface area contributed by atoms with E-state index in [1.165, 1.54) is 16.7 Å². The molecule has 3 nitrogen and oxygen atoms in total. The summed E-state index contributed by atoms with van der Waals surface area (Å²) in [6.45, 7) is 10.5. The van der Waals surface area contributed by atoms with Gasteiger partial charge in [-0.25, -0.2) is 0 Å². The molecule has 0 fully saturated rings.